The highest BCUT2D eigenvalue weighted by atomic mass is 16.4. The van der Waals surface area contributed by atoms with Crippen molar-refractivity contribution in [3.05, 3.63) is 0 Å². The summed E-state index contributed by atoms with van der Waals surface area (Å²) in [7, 11) is 0. The Morgan fingerprint density at radius 2 is 1.65 bits per heavy atom. The first kappa shape index (κ1) is 18.9. The van der Waals surface area contributed by atoms with E-state index in [0.29, 0.717) is 13.0 Å². The van der Waals surface area contributed by atoms with Gasteiger partial charge in [0.25, 0.3) is 0 Å². The average molecular weight is 289 g/mol. The van der Waals surface area contributed by atoms with Gasteiger partial charge < -0.3 is 15.3 Å². The molecule has 0 heterocycles. The van der Waals surface area contributed by atoms with E-state index >= 15 is 0 Å². The number of hydrogen-bond acceptors (Lipinski definition) is 4. The molecule has 0 bridgehead atoms. The number of aliphatic carboxylic acids is 2. The normalized spacial score (nSPS) is 14.2. The molecule has 0 aromatic heterocycles. The Morgan fingerprint density at radius 1 is 1.05 bits per heavy atom. The molecular weight excluding hydrogens is 262 g/mol. The Hall–Kier alpha value is -1.14. The minimum absolute atomic E-state index is 0.176. The first-order valence-corrected chi connectivity index (χ1v) is 7.25. The Bertz CT molecular complexity index is 308. The Morgan fingerprint density at radius 3 is 2.05 bits per heavy atom. The fraction of sp³-hybridized carbons (Fsp3) is 0.857. The van der Waals surface area contributed by atoms with E-state index in [4.69, 9.17) is 10.2 Å². The van der Waals surface area contributed by atoms with Crippen molar-refractivity contribution < 1.29 is 24.9 Å². The zero-order valence-corrected chi connectivity index (χ0v) is 12.5. The highest BCUT2D eigenvalue weighted by Crippen LogP contribution is 2.28. The van der Waals surface area contributed by atoms with E-state index in [1.165, 1.54) is 0 Å². The molecule has 0 aromatic carbocycles. The Labute approximate surface area is 120 Å². The van der Waals surface area contributed by atoms with Crippen molar-refractivity contribution >= 4 is 11.9 Å². The largest absolute Gasteiger partial charge is 0.481 e. The van der Waals surface area contributed by atoms with Crippen LogP contribution in [0.2, 0.25) is 0 Å². The van der Waals surface area contributed by atoms with Crippen LogP contribution < -0.4 is 0 Å². The van der Waals surface area contributed by atoms with Crippen LogP contribution in [0.5, 0.6) is 0 Å². The van der Waals surface area contributed by atoms with Crippen molar-refractivity contribution in [2.75, 3.05) is 19.7 Å². The quantitative estimate of drug-likeness (QED) is 0.504. The van der Waals surface area contributed by atoms with Crippen LogP contribution in [0.1, 0.15) is 52.4 Å². The second-order valence-electron chi connectivity index (χ2n) is 5.08. The van der Waals surface area contributed by atoms with Crippen LogP contribution in [-0.4, -0.2) is 57.4 Å². The summed E-state index contributed by atoms with van der Waals surface area (Å²) in [5.41, 5.74) is -1.42. The molecule has 0 spiro atoms. The van der Waals surface area contributed by atoms with Crippen molar-refractivity contribution in [2.24, 2.45) is 0 Å². The molecule has 0 rings (SSSR count). The maximum atomic E-state index is 11.8. The molecule has 3 N–H and O–H groups in total. The highest BCUT2D eigenvalue weighted by molar-refractivity contribution is 5.85. The third-order valence-corrected chi connectivity index (χ3v) is 3.54. The highest BCUT2D eigenvalue weighted by Gasteiger charge is 2.45. The number of unbranched alkanes of at least 4 members (excludes halogenated alkanes) is 2. The van der Waals surface area contributed by atoms with Crippen LogP contribution >= 0.6 is 0 Å². The molecular formula is C14H27NO5. The molecule has 0 aliphatic carbocycles. The number of β-amino-alcohol motifs (C(OH)–C–C–N with tert-alkyl or cyclic N) is 1. The second kappa shape index (κ2) is 9.72. The number of nitrogens with zero attached hydrogens (tertiary/aromatic N) is 1. The lowest BCUT2D eigenvalue weighted by Crippen LogP contribution is -2.57. The Kier molecular flexibility index (Phi) is 9.16. The first-order valence-electron chi connectivity index (χ1n) is 7.25. The van der Waals surface area contributed by atoms with Crippen molar-refractivity contribution in [1.82, 2.24) is 4.90 Å². The lowest BCUT2D eigenvalue weighted by Gasteiger charge is -2.39. The smallest absolute Gasteiger partial charge is 0.324 e. The van der Waals surface area contributed by atoms with Gasteiger partial charge in [0, 0.05) is 6.54 Å². The summed E-state index contributed by atoms with van der Waals surface area (Å²) in [6.45, 7) is 4.42. The van der Waals surface area contributed by atoms with Gasteiger partial charge in [0.05, 0.1) is 13.0 Å². The van der Waals surface area contributed by atoms with Gasteiger partial charge in [-0.2, -0.15) is 0 Å². The monoisotopic (exact) mass is 289 g/mol. The molecule has 20 heavy (non-hydrogen) atoms. The first-order chi connectivity index (χ1) is 9.44. The molecule has 118 valence electrons. The molecule has 6 nitrogen and oxygen atoms in total. The summed E-state index contributed by atoms with van der Waals surface area (Å²) in [6.07, 6.45) is 2.96. The van der Waals surface area contributed by atoms with E-state index < -0.39 is 23.9 Å². The van der Waals surface area contributed by atoms with Crippen molar-refractivity contribution in [3.8, 4) is 0 Å². The van der Waals surface area contributed by atoms with Crippen LogP contribution in [0.4, 0.5) is 0 Å². The number of carboxylic acids is 2. The fourth-order valence-electron chi connectivity index (χ4n) is 2.41. The third kappa shape index (κ3) is 5.46. The minimum atomic E-state index is -1.42. The van der Waals surface area contributed by atoms with E-state index in [0.717, 1.165) is 19.3 Å². The fourth-order valence-corrected chi connectivity index (χ4v) is 2.41. The minimum Gasteiger partial charge on any atom is -0.481 e. The Balaban J connectivity index is 5.34. The average Bonchev–Trinajstić information content (AvgIpc) is 2.38. The predicted octanol–water partition coefficient (Wildman–Crippen LogP) is 1.57. The molecule has 0 saturated carbocycles. The van der Waals surface area contributed by atoms with Crippen molar-refractivity contribution in [1.29, 1.82) is 0 Å². The van der Waals surface area contributed by atoms with Gasteiger partial charge in [0.1, 0.15) is 5.54 Å². The third-order valence-electron chi connectivity index (χ3n) is 3.54. The molecule has 0 aromatic rings. The summed E-state index contributed by atoms with van der Waals surface area (Å²) < 4.78 is 0. The summed E-state index contributed by atoms with van der Waals surface area (Å²) in [5.74, 6) is -2.24. The molecule has 1 atom stereocenters. The summed E-state index contributed by atoms with van der Waals surface area (Å²) >= 11 is 0. The molecule has 0 amide bonds. The zero-order valence-electron chi connectivity index (χ0n) is 12.5. The molecule has 0 aliphatic heterocycles. The lowest BCUT2D eigenvalue weighted by atomic mass is 9.86. The van der Waals surface area contributed by atoms with Crippen molar-refractivity contribution in [3.63, 3.8) is 0 Å². The van der Waals surface area contributed by atoms with E-state index in [1.807, 2.05) is 13.8 Å². The van der Waals surface area contributed by atoms with Gasteiger partial charge in [-0.25, -0.2) is 0 Å². The SMILES string of the molecule is CCCCN(CCO)[C@@](CCCC)(CC(=O)O)C(=O)O. The molecule has 0 saturated heterocycles. The number of rotatable bonds is 12. The van der Waals surface area contributed by atoms with Gasteiger partial charge in [-0.15, -0.1) is 0 Å². The maximum Gasteiger partial charge on any atom is 0.324 e. The van der Waals surface area contributed by atoms with E-state index in [-0.39, 0.29) is 19.6 Å². The summed E-state index contributed by atoms with van der Waals surface area (Å²) in [5, 5.41) is 27.9. The van der Waals surface area contributed by atoms with Crippen LogP contribution in [0.25, 0.3) is 0 Å². The second-order valence-corrected chi connectivity index (χ2v) is 5.08. The number of aliphatic hydroxyl groups is 1. The molecule has 0 aliphatic rings. The van der Waals surface area contributed by atoms with Crippen LogP contribution in [0.3, 0.4) is 0 Å². The topological polar surface area (TPSA) is 98.1 Å². The van der Waals surface area contributed by atoms with Crippen LogP contribution in [0.15, 0.2) is 0 Å². The van der Waals surface area contributed by atoms with Gasteiger partial charge in [-0.3, -0.25) is 14.5 Å². The number of hydrogen-bond donors (Lipinski definition) is 3. The molecule has 0 fully saturated rings. The predicted molar refractivity (Wildman–Crippen MR) is 75.7 cm³/mol. The van der Waals surface area contributed by atoms with Gasteiger partial charge in [0.15, 0.2) is 0 Å². The zero-order chi connectivity index (χ0) is 15.6. The summed E-state index contributed by atoms with van der Waals surface area (Å²) in [4.78, 5) is 24.5. The number of carbonyl (C=O) groups is 2. The van der Waals surface area contributed by atoms with Crippen molar-refractivity contribution in [2.45, 2.75) is 57.9 Å². The van der Waals surface area contributed by atoms with Crippen LogP contribution in [0, 0.1) is 0 Å². The molecule has 0 unspecified atom stereocenters. The number of carboxylic acid groups (broad SMARTS) is 2. The van der Waals surface area contributed by atoms with Gasteiger partial charge in [-0.05, 0) is 19.4 Å². The molecule has 0 radical (unpaired) electrons. The standard InChI is InChI=1S/C14H27NO5/c1-3-5-7-14(13(19)20,11-12(17)18)15(9-10-16)8-6-4-2/h16H,3-11H2,1-2H3,(H,17,18)(H,19,20)/t14-/m0/s1. The van der Waals surface area contributed by atoms with E-state index in [2.05, 4.69) is 0 Å². The van der Waals surface area contributed by atoms with E-state index in [1.54, 1.807) is 4.90 Å². The number of aliphatic hydroxyl groups excluding tert-OH is 1. The lowest BCUT2D eigenvalue weighted by molar-refractivity contribution is -0.160. The molecule has 6 heteroatoms. The van der Waals surface area contributed by atoms with Crippen LogP contribution in [-0.2, 0) is 9.59 Å². The maximum absolute atomic E-state index is 11.8. The van der Waals surface area contributed by atoms with Gasteiger partial charge in [-0.1, -0.05) is 33.1 Å². The van der Waals surface area contributed by atoms with Gasteiger partial charge in [0.2, 0.25) is 0 Å². The summed E-state index contributed by atoms with van der Waals surface area (Å²) in [6, 6.07) is 0. The van der Waals surface area contributed by atoms with Gasteiger partial charge >= 0.3 is 11.9 Å². The van der Waals surface area contributed by atoms with E-state index in [9.17, 15) is 14.7 Å².